The third-order valence-corrected chi connectivity index (χ3v) is 7.46. The van der Waals surface area contributed by atoms with Gasteiger partial charge in [-0.15, -0.1) is 0 Å². The second kappa shape index (κ2) is 20.8. The van der Waals surface area contributed by atoms with Crippen molar-refractivity contribution < 1.29 is 43.7 Å². The molecule has 0 bridgehead atoms. The number of hydrogen-bond acceptors (Lipinski definition) is 11. The number of aromatic amines is 1. The minimum absolute atomic E-state index is 0.0312. The predicted octanol–water partition coefficient (Wildman–Crippen LogP) is -4.05. The molecule has 2 rings (SSSR count). The number of carbonyl (C=O) groups excluding carboxylic acids is 6. The molecule has 7 amide bonds. The van der Waals surface area contributed by atoms with Crippen molar-refractivity contribution in [1.82, 2.24) is 41.5 Å². The van der Waals surface area contributed by atoms with Gasteiger partial charge < -0.3 is 62.9 Å². The highest BCUT2D eigenvalue weighted by atomic mass is 16.5. The first kappa shape index (κ1) is 39.8. The summed E-state index contributed by atoms with van der Waals surface area (Å²) >= 11 is 0. The Morgan fingerprint density at radius 3 is 1.90 bits per heavy atom. The van der Waals surface area contributed by atoms with Crippen LogP contribution in [0.2, 0.25) is 0 Å². The topological polar surface area (TPSA) is 296 Å². The van der Waals surface area contributed by atoms with E-state index in [0.29, 0.717) is 51.4 Å². The highest BCUT2D eigenvalue weighted by Crippen LogP contribution is 2.08. The minimum atomic E-state index is -1.59. The Morgan fingerprint density at radius 2 is 1.40 bits per heavy atom. The SMILES string of the molecule is CC(C)C[C@H](NC(=O)[C@H](CCCCN)NC(=O)[C@H](CO)NC(=O)[C@H](CO)NC(=O)[C@H](Cc1c[nH]cn1)NC(=O)N1CCOCC1)C(N)=O. The van der Waals surface area contributed by atoms with Crippen molar-refractivity contribution in [2.45, 2.75) is 76.2 Å². The fourth-order valence-electron chi connectivity index (χ4n) is 4.78. The Kier molecular flexibility index (Phi) is 17.3. The molecule has 1 aliphatic heterocycles. The van der Waals surface area contributed by atoms with E-state index in [1.165, 1.54) is 17.4 Å². The first-order chi connectivity index (χ1) is 22.9. The molecular formula is C29H50N10O9. The van der Waals surface area contributed by atoms with Gasteiger partial charge in [-0.2, -0.15) is 0 Å². The number of nitrogens with zero attached hydrogens (tertiary/aromatic N) is 2. The third-order valence-electron chi connectivity index (χ3n) is 7.46. The monoisotopic (exact) mass is 682 g/mol. The minimum Gasteiger partial charge on any atom is -0.394 e. The summed E-state index contributed by atoms with van der Waals surface area (Å²) in [5, 5.41) is 32.2. The number of morpholine rings is 1. The van der Waals surface area contributed by atoms with Crippen molar-refractivity contribution in [3.63, 3.8) is 0 Å². The number of rotatable bonds is 20. The average Bonchev–Trinajstić information content (AvgIpc) is 3.58. The zero-order valence-corrected chi connectivity index (χ0v) is 27.4. The number of H-pyrrole nitrogens is 1. The van der Waals surface area contributed by atoms with Crippen LogP contribution in [0.1, 0.15) is 45.2 Å². The van der Waals surface area contributed by atoms with Crippen LogP contribution in [0.3, 0.4) is 0 Å². The number of urea groups is 1. The van der Waals surface area contributed by atoms with E-state index in [1.807, 2.05) is 13.8 Å². The molecular weight excluding hydrogens is 632 g/mol. The average molecular weight is 683 g/mol. The van der Waals surface area contributed by atoms with Gasteiger partial charge in [-0.05, 0) is 38.1 Å². The number of imidazole rings is 1. The van der Waals surface area contributed by atoms with Crippen molar-refractivity contribution in [2.24, 2.45) is 17.4 Å². The normalized spacial score (nSPS) is 16.2. The van der Waals surface area contributed by atoms with Gasteiger partial charge in [-0.25, -0.2) is 9.78 Å². The molecule has 1 aromatic rings. The molecule has 1 aliphatic rings. The highest BCUT2D eigenvalue weighted by molar-refractivity contribution is 5.96. The lowest BCUT2D eigenvalue weighted by atomic mass is 10.0. The number of aromatic nitrogens is 2. The van der Waals surface area contributed by atoms with Crippen molar-refractivity contribution in [3.8, 4) is 0 Å². The second-order valence-electron chi connectivity index (χ2n) is 11.8. The molecule has 1 fully saturated rings. The van der Waals surface area contributed by atoms with Gasteiger partial charge in [0.05, 0.1) is 38.4 Å². The standard InChI is InChI=1S/C29H50N10O9/c1-17(2)11-20(24(31)42)35-25(43)19(5-3-4-6-30)34-27(45)22(14-40)37-28(46)23(15-41)36-26(44)21(12-18-13-32-16-33-18)38-29(47)39-7-9-48-10-8-39/h13,16-17,19-23,40-41H,3-12,14-15,30H2,1-2H3,(H2,31,42)(H,32,33)(H,34,45)(H,35,43)(H,36,44)(H,37,46)(H,38,47)/t19-,20-,21-,22-,23-/m0/s1. The Balaban J connectivity index is 2.10. The third kappa shape index (κ3) is 13.4. The van der Waals surface area contributed by atoms with Gasteiger partial charge in [0.15, 0.2) is 0 Å². The fraction of sp³-hybridized carbons (Fsp3) is 0.690. The first-order valence-electron chi connectivity index (χ1n) is 15.9. The van der Waals surface area contributed by atoms with Crippen LogP contribution in [0.25, 0.3) is 0 Å². The zero-order chi connectivity index (χ0) is 35.6. The number of amides is 7. The fourth-order valence-corrected chi connectivity index (χ4v) is 4.78. The number of aliphatic hydroxyl groups excluding tert-OH is 2. The van der Waals surface area contributed by atoms with Gasteiger partial charge in [-0.3, -0.25) is 24.0 Å². The van der Waals surface area contributed by atoms with Crippen LogP contribution in [0.5, 0.6) is 0 Å². The lowest BCUT2D eigenvalue weighted by Gasteiger charge is -2.29. The van der Waals surface area contributed by atoms with Crippen molar-refractivity contribution in [3.05, 3.63) is 18.2 Å². The molecule has 0 radical (unpaired) electrons. The molecule has 1 saturated heterocycles. The highest BCUT2D eigenvalue weighted by Gasteiger charge is 2.33. The molecule has 0 unspecified atom stereocenters. The predicted molar refractivity (Wildman–Crippen MR) is 170 cm³/mol. The summed E-state index contributed by atoms with van der Waals surface area (Å²) in [6, 6.07) is -7.05. The molecule has 1 aromatic heterocycles. The molecule has 270 valence electrons. The number of nitrogens with one attached hydrogen (secondary N) is 6. The van der Waals surface area contributed by atoms with Gasteiger partial charge in [-0.1, -0.05) is 13.8 Å². The second-order valence-corrected chi connectivity index (χ2v) is 11.8. The van der Waals surface area contributed by atoms with Gasteiger partial charge in [0.2, 0.25) is 29.5 Å². The van der Waals surface area contributed by atoms with Crippen molar-refractivity contribution >= 4 is 35.6 Å². The molecule has 5 atom stereocenters. The number of hydrogen-bond donors (Lipinski definition) is 10. The number of unbranched alkanes of at least 4 members (excludes halogenated alkanes) is 1. The largest absolute Gasteiger partial charge is 0.394 e. The summed E-state index contributed by atoms with van der Waals surface area (Å²) < 4.78 is 5.25. The molecule has 2 heterocycles. The zero-order valence-electron chi connectivity index (χ0n) is 27.4. The maximum absolute atomic E-state index is 13.3. The van der Waals surface area contributed by atoms with E-state index in [1.54, 1.807) is 0 Å². The molecule has 19 nitrogen and oxygen atoms in total. The lowest BCUT2D eigenvalue weighted by Crippen LogP contribution is -2.61. The molecule has 0 aliphatic carbocycles. The van der Waals surface area contributed by atoms with Crippen LogP contribution in [0.4, 0.5) is 4.79 Å². The van der Waals surface area contributed by atoms with E-state index in [0.717, 1.165) is 0 Å². The van der Waals surface area contributed by atoms with Crippen LogP contribution in [-0.2, 0) is 35.1 Å². The molecule has 19 heteroatoms. The summed E-state index contributed by atoms with van der Waals surface area (Å²) in [4.78, 5) is 85.7. The summed E-state index contributed by atoms with van der Waals surface area (Å²) in [5.74, 6) is -4.17. The van der Waals surface area contributed by atoms with Gasteiger partial charge in [0, 0.05) is 25.7 Å². The summed E-state index contributed by atoms with van der Waals surface area (Å²) in [6.07, 6.45) is 4.27. The number of nitrogens with two attached hydrogens (primary N) is 2. The Labute approximate surface area is 278 Å². The van der Waals surface area contributed by atoms with Crippen LogP contribution in [-0.4, -0.2) is 137 Å². The Bertz CT molecular complexity index is 1190. The summed E-state index contributed by atoms with van der Waals surface area (Å²) in [6.45, 7) is 3.54. The van der Waals surface area contributed by atoms with Crippen LogP contribution in [0, 0.1) is 5.92 Å². The number of aliphatic hydroxyl groups is 2. The van der Waals surface area contributed by atoms with E-state index in [-0.39, 0.29) is 25.2 Å². The maximum Gasteiger partial charge on any atom is 0.318 e. The molecule has 48 heavy (non-hydrogen) atoms. The quantitative estimate of drug-likeness (QED) is 0.0590. The van der Waals surface area contributed by atoms with E-state index >= 15 is 0 Å². The van der Waals surface area contributed by atoms with Gasteiger partial charge in [0.25, 0.3) is 0 Å². The van der Waals surface area contributed by atoms with Gasteiger partial charge >= 0.3 is 6.03 Å². The summed E-state index contributed by atoms with van der Waals surface area (Å²) in [5.41, 5.74) is 11.5. The number of ether oxygens (including phenoxy) is 1. The molecule has 12 N–H and O–H groups in total. The molecule has 0 saturated carbocycles. The number of carbonyl (C=O) groups is 6. The van der Waals surface area contributed by atoms with E-state index in [4.69, 9.17) is 16.2 Å². The molecule has 0 aromatic carbocycles. The van der Waals surface area contributed by atoms with Crippen molar-refractivity contribution in [2.75, 3.05) is 46.1 Å². The molecule has 0 spiro atoms. The van der Waals surface area contributed by atoms with Crippen molar-refractivity contribution in [1.29, 1.82) is 0 Å². The van der Waals surface area contributed by atoms with Crippen LogP contribution in [0.15, 0.2) is 12.5 Å². The van der Waals surface area contributed by atoms with Gasteiger partial charge in [0.1, 0.15) is 30.2 Å². The summed E-state index contributed by atoms with van der Waals surface area (Å²) in [7, 11) is 0. The van der Waals surface area contributed by atoms with Crippen LogP contribution < -0.4 is 38.1 Å². The Morgan fingerprint density at radius 1 is 0.854 bits per heavy atom. The number of primary amides is 1. The smallest absolute Gasteiger partial charge is 0.318 e. The van der Waals surface area contributed by atoms with E-state index in [9.17, 15) is 39.0 Å². The first-order valence-corrected chi connectivity index (χ1v) is 15.9. The maximum atomic E-state index is 13.3. The lowest BCUT2D eigenvalue weighted by molar-refractivity contribution is -0.135. The van der Waals surface area contributed by atoms with E-state index < -0.39 is 79.0 Å². The van der Waals surface area contributed by atoms with E-state index in [2.05, 4.69) is 36.6 Å². The Hall–Kier alpha value is -4.33. The van der Waals surface area contributed by atoms with Crippen LogP contribution >= 0.6 is 0 Å².